The van der Waals surface area contributed by atoms with E-state index in [-0.39, 0.29) is 5.41 Å². The first kappa shape index (κ1) is 37.2. The van der Waals surface area contributed by atoms with Crippen LogP contribution in [0.2, 0.25) is 0 Å². The van der Waals surface area contributed by atoms with Gasteiger partial charge in [-0.1, -0.05) is 127 Å². The van der Waals surface area contributed by atoms with Crippen LogP contribution in [0.15, 0.2) is 170 Å². The van der Waals surface area contributed by atoms with Crippen molar-refractivity contribution < 1.29 is 0 Å². The molecular weight excluding hydrogens is 765 g/mol. The molecular formula is C59H46N4. The summed E-state index contributed by atoms with van der Waals surface area (Å²) in [5, 5.41) is 4.98. The van der Waals surface area contributed by atoms with E-state index >= 15 is 0 Å². The lowest BCUT2D eigenvalue weighted by Gasteiger charge is -2.22. The summed E-state index contributed by atoms with van der Waals surface area (Å²) in [6.45, 7) is 13.4. The van der Waals surface area contributed by atoms with Crippen LogP contribution in [0.1, 0.15) is 47.2 Å². The molecule has 8 aromatic carbocycles. The van der Waals surface area contributed by atoms with Crippen molar-refractivity contribution in [1.29, 1.82) is 0 Å². The standard InChI is InChI=1S/C59H46N4/c1-35-16-22-54-46(26-35)47-27-36(2)17-23-55(47)62(54)42-30-41(31-43(33-42)63-56-24-18-37(3)28-48(56)49-29-38(4)19-25-57(49)63)58-60-52(39-12-8-7-9-13-39)34-53(61-58)40-20-21-45-44-14-10-11-15-50(44)59(5,6)51(45)32-40/h7-34H,1-6H3. The largest absolute Gasteiger partial charge is 0.309 e. The van der Waals surface area contributed by atoms with Gasteiger partial charge >= 0.3 is 0 Å². The van der Waals surface area contributed by atoms with Gasteiger partial charge in [-0.05, 0) is 129 Å². The molecule has 12 rings (SSSR count). The summed E-state index contributed by atoms with van der Waals surface area (Å²) in [6, 6.07) is 62.6. The van der Waals surface area contributed by atoms with Crippen molar-refractivity contribution in [1.82, 2.24) is 19.1 Å². The van der Waals surface area contributed by atoms with Crippen molar-refractivity contribution >= 4 is 43.6 Å². The van der Waals surface area contributed by atoms with Crippen molar-refractivity contribution in [3.05, 3.63) is 203 Å². The topological polar surface area (TPSA) is 35.6 Å². The fraction of sp³-hybridized carbons (Fsp3) is 0.119. The molecule has 1 aliphatic rings. The summed E-state index contributed by atoms with van der Waals surface area (Å²) < 4.78 is 4.86. The number of hydrogen-bond donors (Lipinski definition) is 0. The Labute approximate surface area is 367 Å². The molecule has 0 aliphatic heterocycles. The monoisotopic (exact) mass is 810 g/mol. The molecule has 3 aromatic heterocycles. The minimum atomic E-state index is -0.137. The Kier molecular flexibility index (Phi) is 8.11. The highest BCUT2D eigenvalue weighted by Crippen LogP contribution is 2.49. The summed E-state index contributed by atoms with van der Waals surface area (Å²) in [4.78, 5) is 11.0. The van der Waals surface area contributed by atoms with E-state index in [9.17, 15) is 0 Å². The van der Waals surface area contributed by atoms with Crippen LogP contribution in [0.5, 0.6) is 0 Å². The number of nitrogens with zero attached hydrogens (tertiary/aromatic N) is 4. The minimum Gasteiger partial charge on any atom is -0.309 e. The first-order chi connectivity index (χ1) is 30.6. The molecule has 302 valence electrons. The van der Waals surface area contributed by atoms with Gasteiger partial charge in [0, 0.05) is 55.0 Å². The second-order valence-corrected chi connectivity index (χ2v) is 18.3. The molecule has 3 heterocycles. The number of rotatable bonds is 5. The fourth-order valence-electron chi connectivity index (χ4n) is 10.4. The van der Waals surface area contributed by atoms with Gasteiger partial charge in [-0.15, -0.1) is 0 Å². The van der Waals surface area contributed by atoms with E-state index in [0.717, 1.165) is 39.5 Å². The SMILES string of the molecule is Cc1ccc2c(c1)c1cc(C)ccc1n2-c1cc(-c2nc(-c3ccccc3)cc(-c3ccc4c(c3)C(C)(C)c3ccccc3-4)n2)cc(-n2c3ccc(C)cc3c3cc(C)ccc32)c1. The molecule has 0 unspecified atom stereocenters. The van der Waals surface area contributed by atoms with E-state index in [1.807, 2.05) is 0 Å². The Morgan fingerprint density at radius 3 is 1.35 bits per heavy atom. The molecule has 63 heavy (non-hydrogen) atoms. The third-order valence-electron chi connectivity index (χ3n) is 13.5. The van der Waals surface area contributed by atoms with Crippen molar-refractivity contribution in [3.63, 3.8) is 0 Å². The highest BCUT2D eigenvalue weighted by molar-refractivity contribution is 6.11. The maximum absolute atomic E-state index is 5.53. The second-order valence-electron chi connectivity index (χ2n) is 18.3. The average Bonchev–Trinajstić information content (AvgIpc) is 3.87. The summed E-state index contributed by atoms with van der Waals surface area (Å²) in [6.07, 6.45) is 0. The van der Waals surface area contributed by atoms with Crippen molar-refractivity contribution in [2.45, 2.75) is 47.0 Å². The number of benzene rings is 8. The molecule has 11 aromatic rings. The van der Waals surface area contributed by atoms with Crippen molar-refractivity contribution in [3.8, 4) is 56.4 Å². The highest BCUT2D eigenvalue weighted by Gasteiger charge is 2.35. The first-order valence-electron chi connectivity index (χ1n) is 22.0. The van der Waals surface area contributed by atoms with Crippen LogP contribution in [0, 0.1) is 27.7 Å². The molecule has 4 nitrogen and oxygen atoms in total. The lowest BCUT2D eigenvalue weighted by Crippen LogP contribution is -2.14. The zero-order chi connectivity index (χ0) is 42.7. The smallest absolute Gasteiger partial charge is 0.160 e. The molecule has 0 amide bonds. The maximum atomic E-state index is 5.53. The van der Waals surface area contributed by atoms with Gasteiger partial charge in [0.1, 0.15) is 0 Å². The Bertz CT molecular complexity index is 3430. The molecule has 0 saturated carbocycles. The van der Waals surface area contributed by atoms with Crippen LogP contribution in [0.25, 0.3) is 100 Å². The quantitative estimate of drug-likeness (QED) is 0.174. The van der Waals surface area contributed by atoms with Crippen LogP contribution in [-0.4, -0.2) is 19.1 Å². The second kappa shape index (κ2) is 13.7. The molecule has 0 saturated heterocycles. The van der Waals surface area contributed by atoms with Gasteiger partial charge in [0.25, 0.3) is 0 Å². The third kappa shape index (κ3) is 5.82. The molecule has 0 spiro atoms. The average molecular weight is 811 g/mol. The van der Waals surface area contributed by atoms with Crippen LogP contribution in [0.4, 0.5) is 0 Å². The zero-order valence-corrected chi connectivity index (χ0v) is 36.5. The summed E-state index contributed by atoms with van der Waals surface area (Å²) in [7, 11) is 0. The maximum Gasteiger partial charge on any atom is 0.160 e. The lowest BCUT2D eigenvalue weighted by atomic mass is 9.82. The van der Waals surface area contributed by atoms with Gasteiger partial charge in [0.05, 0.1) is 33.5 Å². The van der Waals surface area contributed by atoms with E-state index in [4.69, 9.17) is 9.97 Å². The van der Waals surface area contributed by atoms with Gasteiger partial charge in [0.2, 0.25) is 0 Å². The van der Waals surface area contributed by atoms with Crippen molar-refractivity contribution in [2.24, 2.45) is 0 Å². The van der Waals surface area contributed by atoms with Crippen LogP contribution < -0.4 is 0 Å². The summed E-state index contributed by atoms with van der Waals surface area (Å²) >= 11 is 0. The highest BCUT2D eigenvalue weighted by atomic mass is 15.0. The van der Waals surface area contributed by atoms with E-state index in [0.29, 0.717) is 5.82 Å². The number of aryl methyl sites for hydroxylation is 4. The molecule has 1 aliphatic carbocycles. The minimum absolute atomic E-state index is 0.137. The zero-order valence-electron chi connectivity index (χ0n) is 36.5. The van der Waals surface area contributed by atoms with Crippen LogP contribution in [0.3, 0.4) is 0 Å². The fourth-order valence-corrected chi connectivity index (χ4v) is 10.4. The van der Waals surface area contributed by atoms with Gasteiger partial charge < -0.3 is 9.13 Å². The van der Waals surface area contributed by atoms with E-state index in [1.165, 1.54) is 88.1 Å². The van der Waals surface area contributed by atoms with Gasteiger partial charge in [-0.25, -0.2) is 9.97 Å². The molecule has 0 N–H and O–H groups in total. The summed E-state index contributed by atoms with van der Waals surface area (Å²) in [5.74, 6) is 0.678. The number of fused-ring (bicyclic) bond motifs is 9. The first-order valence-corrected chi connectivity index (χ1v) is 22.0. The molecule has 4 heteroatoms. The van der Waals surface area contributed by atoms with Crippen molar-refractivity contribution in [2.75, 3.05) is 0 Å². The van der Waals surface area contributed by atoms with Crippen LogP contribution in [-0.2, 0) is 5.41 Å². The summed E-state index contributed by atoms with van der Waals surface area (Å²) in [5.41, 5.74) is 21.7. The van der Waals surface area contributed by atoms with E-state index in [1.54, 1.807) is 0 Å². The van der Waals surface area contributed by atoms with Gasteiger partial charge in [-0.3, -0.25) is 0 Å². The Balaban J connectivity index is 1.15. The van der Waals surface area contributed by atoms with Crippen LogP contribution >= 0.6 is 0 Å². The third-order valence-corrected chi connectivity index (χ3v) is 13.5. The lowest BCUT2D eigenvalue weighted by molar-refractivity contribution is 0.660. The molecule has 0 fully saturated rings. The van der Waals surface area contributed by atoms with E-state index < -0.39 is 0 Å². The normalized spacial score (nSPS) is 13.0. The van der Waals surface area contributed by atoms with E-state index in [2.05, 4.69) is 221 Å². The van der Waals surface area contributed by atoms with Gasteiger partial charge in [0.15, 0.2) is 5.82 Å². The molecule has 0 bridgehead atoms. The predicted octanol–water partition coefficient (Wildman–Crippen LogP) is 15.2. The Morgan fingerprint density at radius 2 is 0.825 bits per heavy atom. The predicted molar refractivity (Wildman–Crippen MR) is 264 cm³/mol. The number of aromatic nitrogens is 4. The number of hydrogen-bond acceptors (Lipinski definition) is 2. The Hall–Kier alpha value is -7.56. The Morgan fingerprint density at radius 1 is 0.365 bits per heavy atom. The molecule has 0 radical (unpaired) electrons. The van der Waals surface area contributed by atoms with Gasteiger partial charge in [-0.2, -0.15) is 0 Å². The molecule has 0 atom stereocenters.